The smallest absolute Gasteiger partial charge is 0.663 e. The summed E-state index contributed by atoms with van der Waals surface area (Å²) in [5.74, 6) is 1.81. The van der Waals surface area contributed by atoms with Crippen molar-refractivity contribution in [3.8, 4) is 11.5 Å². The van der Waals surface area contributed by atoms with Crippen molar-refractivity contribution >= 4 is 59.6 Å². The van der Waals surface area contributed by atoms with E-state index in [4.69, 9.17) is 4.74 Å². The second-order valence-electron chi connectivity index (χ2n) is 12.2. The predicted octanol–water partition coefficient (Wildman–Crippen LogP) is 9.70. The monoisotopic (exact) mass is 784 g/mol. The summed E-state index contributed by atoms with van der Waals surface area (Å²) in [5.41, 5.74) is 3.10. The van der Waals surface area contributed by atoms with E-state index in [9.17, 15) is 0 Å². The topological polar surface area (TPSA) is 35.7 Å². The van der Waals surface area contributed by atoms with Gasteiger partial charge in [-0.15, -0.1) is 5.69 Å². The van der Waals surface area contributed by atoms with Crippen LogP contribution in [0.4, 0.5) is 5.69 Å². The van der Waals surface area contributed by atoms with Crippen LogP contribution < -0.4 is 41.5 Å². The summed E-state index contributed by atoms with van der Waals surface area (Å²) in [4.78, 5) is 8.40. The third-order valence-electron chi connectivity index (χ3n) is 8.45. The van der Waals surface area contributed by atoms with Gasteiger partial charge >= 0.3 is 17.1 Å². The molecule has 8 aromatic rings. The number of aromatic nitrogens is 1. The van der Waals surface area contributed by atoms with Gasteiger partial charge < -0.3 is 9.72 Å². The molecule has 0 aliphatic heterocycles. The molecule has 0 spiro atoms. The molecule has 54 heavy (non-hydrogen) atoms. The summed E-state index contributed by atoms with van der Waals surface area (Å²) in [6.07, 6.45) is 3.53. The Morgan fingerprint density at radius 3 is 1.22 bits per heavy atom. The van der Waals surface area contributed by atoms with Crippen molar-refractivity contribution in [1.29, 1.82) is 0 Å². The largest absolute Gasteiger partial charge is 1.00 e. The number of nitrogens with zero attached hydrogens (tertiary/aromatic N) is 2. The van der Waals surface area contributed by atoms with Gasteiger partial charge in [0, 0.05) is 16.8 Å². The summed E-state index contributed by atoms with van der Waals surface area (Å²) in [6, 6.07) is 72.1. The number of benzene rings is 7. The molecular formula is C48H39CuN2OP2. The van der Waals surface area contributed by atoms with Crippen molar-refractivity contribution < 1.29 is 21.8 Å². The summed E-state index contributed by atoms with van der Waals surface area (Å²) < 4.78 is 6.92. The number of ether oxygens (including phenoxy) is 1. The molecule has 0 unspecified atom stereocenters. The number of hydrogen-bond donors (Lipinski definition) is 0. The van der Waals surface area contributed by atoms with E-state index >= 15 is 0 Å². The van der Waals surface area contributed by atoms with Crippen LogP contribution in [0.25, 0.3) is 0 Å². The van der Waals surface area contributed by atoms with Crippen LogP contribution in [-0.4, -0.2) is 6.21 Å². The Morgan fingerprint density at radius 2 is 0.833 bits per heavy atom. The minimum atomic E-state index is -0.795. The summed E-state index contributed by atoms with van der Waals surface area (Å²) in [7, 11) is -1.59. The molecule has 0 N–H and O–H groups in total. The SMILES string of the molecule is Cc1ccc(N=Cc2ccc[n-]2)cc1.[Cu+].c1ccc(P(c2ccccc2)c2ccccc2Oc2ccccc2P(c2ccccc2)c2ccccc2)cc1. The molecule has 0 radical (unpaired) electrons. The Balaban J connectivity index is 0.000000279. The summed E-state index contributed by atoms with van der Waals surface area (Å²) in [5, 5.41) is 7.64. The molecule has 268 valence electrons. The molecule has 8 rings (SSSR count). The second kappa shape index (κ2) is 19.7. The molecule has 0 saturated carbocycles. The molecule has 0 aliphatic rings. The van der Waals surface area contributed by atoms with Crippen molar-refractivity contribution in [1.82, 2.24) is 4.98 Å². The van der Waals surface area contributed by atoms with Gasteiger partial charge in [-0.25, -0.2) is 0 Å². The maximum atomic E-state index is 6.92. The summed E-state index contributed by atoms with van der Waals surface area (Å²) >= 11 is 0. The van der Waals surface area contributed by atoms with Gasteiger partial charge in [-0.3, -0.25) is 4.99 Å². The number of rotatable bonds is 10. The van der Waals surface area contributed by atoms with Gasteiger partial charge in [0.05, 0.1) is 5.69 Å². The van der Waals surface area contributed by atoms with Crippen LogP contribution in [0.2, 0.25) is 0 Å². The molecule has 3 nitrogen and oxygen atoms in total. The maximum absolute atomic E-state index is 6.92. The van der Waals surface area contributed by atoms with Crippen molar-refractivity contribution in [2.75, 3.05) is 0 Å². The van der Waals surface area contributed by atoms with Crippen molar-refractivity contribution in [3.63, 3.8) is 0 Å². The molecule has 0 saturated heterocycles. The molecule has 1 heterocycles. The molecule has 0 aliphatic carbocycles. The van der Waals surface area contributed by atoms with Crippen LogP contribution in [0.5, 0.6) is 11.5 Å². The Bertz CT molecular complexity index is 2120. The third-order valence-corrected chi connectivity index (χ3v) is 13.4. The Hall–Kier alpha value is -5.33. The molecule has 6 heteroatoms. The van der Waals surface area contributed by atoms with Gasteiger partial charge in [0.1, 0.15) is 11.5 Å². The van der Waals surface area contributed by atoms with Crippen LogP contribution in [0.3, 0.4) is 0 Å². The average molecular weight is 785 g/mol. The first-order valence-corrected chi connectivity index (χ1v) is 20.3. The minimum Gasteiger partial charge on any atom is -0.663 e. The Labute approximate surface area is 331 Å². The van der Waals surface area contributed by atoms with Gasteiger partial charge in [0.2, 0.25) is 0 Å². The van der Waals surface area contributed by atoms with E-state index < -0.39 is 15.8 Å². The summed E-state index contributed by atoms with van der Waals surface area (Å²) in [6.45, 7) is 2.06. The zero-order chi connectivity index (χ0) is 36.1. The molecule has 0 fully saturated rings. The van der Waals surface area contributed by atoms with E-state index in [0.717, 1.165) is 22.9 Å². The number of aryl methyl sites for hydroxylation is 1. The van der Waals surface area contributed by atoms with E-state index in [-0.39, 0.29) is 17.1 Å². The second-order valence-corrected chi connectivity index (χ2v) is 16.6. The number of hydrogen-bond acceptors (Lipinski definition) is 2. The Kier molecular flexibility index (Phi) is 14.0. The standard InChI is InChI=1S/C36H28OP2.C12H11N2.Cu/c1-5-17-29(18-6-1)38(30-19-7-2-8-20-30)35-27-15-13-25-33(35)37-34-26-14-16-28-36(34)39(31-21-9-3-10-22-31)32-23-11-4-12-24-32;1-10-4-6-11(7-5-10)14-9-12-3-2-8-13-12;/h1-28H;2-9H,1H3;/q;-1;+1. The van der Waals surface area contributed by atoms with Crippen LogP contribution >= 0.6 is 15.8 Å². The first kappa shape index (κ1) is 38.4. The zero-order valence-corrected chi connectivity index (χ0v) is 32.5. The normalized spacial score (nSPS) is 10.8. The molecule has 0 amide bonds. The zero-order valence-electron chi connectivity index (χ0n) is 29.8. The van der Waals surface area contributed by atoms with Gasteiger partial charge in [-0.1, -0.05) is 188 Å². The molecular weight excluding hydrogens is 746 g/mol. The van der Waals surface area contributed by atoms with E-state index in [0.29, 0.717) is 0 Å². The number of aliphatic imine (C=N–C) groups is 1. The van der Waals surface area contributed by atoms with E-state index in [1.807, 2.05) is 36.4 Å². The van der Waals surface area contributed by atoms with Crippen molar-refractivity contribution in [2.24, 2.45) is 4.99 Å². The van der Waals surface area contributed by atoms with Crippen LogP contribution in [0, 0.1) is 6.92 Å². The predicted molar refractivity (Wildman–Crippen MR) is 229 cm³/mol. The van der Waals surface area contributed by atoms with Crippen molar-refractivity contribution in [2.45, 2.75) is 6.92 Å². The molecule has 7 aromatic carbocycles. The van der Waals surface area contributed by atoms with Gasteiger partial charge in [0.25, 0.3) is 0 Å². The van der Waals surface area contributed by atoms with Crippen LogP contribution in [0.1, 0.15) is 11.3 Å². The fourth-order valence-electron chi connectivity index (χ4n) is 5.90. The van der Waals surface area contributed by atoms with E-state index in [1.54, 1.807) is 12.4 Å². The molecule has 0 atom stereocenters. The maximum Gasteiger partial charge on any atom is 1.00 e. The van der Waals surface area contributed by atoms with Gasteiger partial charge in [-0.2, -0.15) is 6.20 Å². The van der Waals surface area contributed by atoms with Crippen LogP contribution in [0.15, 0.2) is 217 Å². The van der Waals surface area contributed by atoms with E-state index in [1.165, 1.54) is 37.4 Å². The first-order chi connectivity index (χ1) is 26.2. The first-order valence-electron chi connectivity index (χ1n) is 17.6. The van der Waals surface area contributed by atoms with Crippen LogP contribution in [-0.2, 0) is 17.1 Å². The fraction of sp³-hybridized carbons (Fsp3) is 0.0208. The van der Waals surface area contributed by atoms with Crippen molar-refractivity contribution in [3.05, 3.63) is 224 Å². The van der Waals surface area contributed by atoms with E-state index in [2.05, 4.69) is 187 Å². The number of para-hydroxylation sites is 2. The Morgan fingerprint density at radius 1 is 0.444 bits per heavy atom. The quantitative estimate of drug-likeness (QED) is 0.0787. The third kappa shape index (κ3) is 10.00. The minimum absolute atomic E-state index is 0. The molecule has 0 bridgehead atoms. The average Bonchev–Trinajstić information content (AvgIpc) is 3.75. The fourth-order valence-corrected chi connectivity index (χ4v) is 10.6. The van der Waals surface area contributed by atoms with Gasteiger partial charge in [0.15, 0.2) is 0 Å². The molecule has 1 aromatic heterocycles. The van der Waals surface area contributed by atoms with Gasteiger partial charge in [-0.05, 0) is 68.3 Å².